The topological polar surface area (TPSA) is 75.6 Å². The van der Waals surface area contributed by atoms with Gasteiger partial charge in [0, 0.05) is 0 Å². The number of ether oxygens (including phenoxy) is 1. The number of carboxylic acids is 1. The average Bonchev–Trinajstić information content (AvgIpc) is 2.77. The third-order valence-corrected chi connectivity index (χ3v) is 3.33. The molecule has 1 aliphatic rings. The zero-order valence-corrected chi connectivity index (χ0v) is 12.5. The highest BCUT2D eigenvalue weighted by molar-refractivity contribution is 6.67. The normalized spacial score (nSPS) is 18.1. The minimum Gasteiger partial charge on any atom is -0.480 e. The molecule has 1 rings (SSSR count). The molecular formula is C11H16Cl3NO4. The van der Waals surface area contributed by atoms with Gasteiger partial charge in [-0.3, -0.25) is 0 Å². The Morgan fingerprint density at radius 3 is 2.37 bits per heavy atom. The molecule has 0 aromatic heterocycles. The van der Waals surface area contributed by atoms with E-state index in [0.29, 0.717) is 12.3 Å². The lowest BCUT2D eigenvalue weighted by Crippen LogP contribution is -2.42. The predicted octanol–water partition coefficient (Wildman–Crippen LogP) is 3.12. The molecule has 0 aromatic carbocycles. The van der Waals surface area contributed by atoms with E-state index < -0.39 is 28.5 Å². The van der Waals surface area contributed by atoms with Crippen LogP contribution in [0.2, 0.25) is 0 Å². The van der Waals surface area contributed by atoms with Gasteiger partial charge in [-0.05, 0) is 12.3 Å². The fraction of sp³-hybridized carbons (Fsp3) is 0.818. The van der Waals surface area contributed by atoms with Crippen molar-refractivity contribution in [3.8, 4) is 0 Å². The van der Waals surface area contributed by atoms with Crippen molar-refractivity contribution in [1.29, 1.82) is 0 Å². The standard InChI is InChI=1S/C11H16Cl3NO4/c12-11(13,14)6-19-10(18)15-8(9(16)17)5-7-3-1-2-4-7/h7-8H,1-6H2,(H,15,18)(H,16,17)/t8-/m0/s1. The molecule has 8 heteroatoms. The number of alkyl carbamates (subject to hydrolysis) is 1. The SMILES string of the molecule is O=C(N[C@@H](CC1CCCC1)C(=O)O)OCC(Cl)(Cl)Cl. The summed E-state index contributed by atoms with van der Waals surface area (Å²) in [5.74, 6) is -0.757. The number of carboxylic acid groups (broad SMARTS) is 1. The molecule has 110 valence electrons. The second-order valence-corrected chi connectivity index (χ2v) is 7.13. The lowest BCUT2D eigenvalue weighted by Gasteiger charge is -2.19. The third-order valence-electron chi connectivity index (χ3n) is 3.00. The van der Waals surface area contributed by atoms with E-state index in [1.165, 1.54) is 0 Å². The van der Waals surface area contributed by atoms with Gasteiger partial charge in [-0.2, -0.15) is 0 Å². The predicted molar refractivity (Wildman–Crippen MR) is 72.8 cm³/mol. The minimum atomic E-state index is -1.71. The largest absolute Gasteiger partial charge is 0.480 e. The van der Waals surface area contributed by atoms with Crippen molar-refractivity contribution in [3.05, 3.63) is 0 Å². The Labute approximate surface area is 126 Å². The zero-order chi connectivity index (χ0) is 14.5. The van der Waals surface area contributed by atoms with Crippen LogP contribution in [0, 0.1) is 5.92 Å². The number of halogens is 3. The van der Waals surface area contributed by atoms with E-state index in [0.717, 1.165) is 25.7 Å². The molecule has 0 bridgehead atoms. The van der Waals surface area contributed by atoms with Crippen LogP contribution in [0.15, 0.2) is 0 Å². The molecule has 0 heterocycles. The van der Waals surface area contributed by atoms with Crippen LogP contribution < -0.4 is 5.32 Å². The van der Waals surface area contributed by atoms with E-state index in [2.05, 4.69) is 10.1 Å². The van der Waals surface area contributed by atoms with Gasteiger partial charge in [-0.25, -0.2) is 9.59 Å². The number of rotatable bonds is 5. The van der Waals surface area contributed by atoms with Gasteiger partial charge in [0.25, 0.3) is 0 Å². The number of aliphatic carboxylic acids is 1. The van der Waals surface area contributed by atoms with Gasteiger partial charge in [0.2, 0.25) is 3.79 Å². The second-order valence-electron chi connectivity index (χ2n) is 4.61. The Morgan fingerprint density at radius 2 is 1.89 bits per heavy atom. The van der Waals surface area contributed by atoms with E-state index in [-0.39, 0.29) is 0 Å². The van der Waals surface area contributed by atoms with E-state index in [1.807, 2.05) is 0 Å². The molecule has 1 aliphatic carbocycles. The highest BCUT2D eigenvalue weighted by atomic mass is 35.6. The lowest BCUT2D eigenvalue weighted by atomic mass is 9.98. The second kappa shape index (κ2) is 7.41. The van der Waals surface area contributed by atoms with Crippen molar-refractivity contribution in [2.75, 3.05) is 6.61 Å². The zero-order valence-electron chi connectivity index (χ0n) is 10.2. The van der Waals surface area contributed by atoms with Crippen LogP contribution in [0.5, 0.6) is 0 Å². The van der Waals surface area contributed by atoms with Gasteiger partial charge in [0.1, 0.15) is 12.6 Å². The molecular weight excluding hydrogens is 316 g/mol. The number of carbonyl (C=O) groups excluding carboxylic acids is 1. The number of hydrogen-bond acceptors (Lipinski definition) is 3. The third kappa shape index (κ3) is 7.09. The van der Waals surface area contributed by atoms with Crippen LogP contribution in [-0.2, 0) is 9.53 Å². The van der Waals surface area contributed by atoms with Crippen molar-refractivity contribution in [1.82, 2.24) is 5.32 Å². The minimum absolute atomic E-state index is 0.328. The molecule has 2 N–H and O–H groups in total. The van der Waals surface area contributed by atoms with Crippen LogP contribution in [0.4, 0.5) is 4.79 Å². The van der Waals surface area contributed by atoms with Gasteiger partial charge in [-0.1, -0.05) is 60.5 Å². The molecule has 1 fully saturated rings. The van der Waals surface area contributed by atoms with Gasteiger partial charge < -0.3 is 15.2 Å². The van der Waals surface area contributed by atoms with Crippen LogP contribution in [0.1, 0.15) is 32.1 Å². The molecule has 0 saturated heterocycles. The van der Waals surface area contributed by atoms with E-state index in [4.69, 9.17) is 39.9 Å². The summed E-state index contributed by atoms with van der Waals surface area (Å²) in [7, 11) is 0. The van der Waals surface area contributed by atoms with E-state index in [9.17, 15) is 9.59 Å². The average molecular weight is 333 g/mol. The highest BCUT2D eigenvalue weighted by Gasteiger charge is 2.28. The van der Waals surface area contributed by atoms with E-state index in [1.54, 1.807) is 0 Å². The van der Waals surface area contributed by atoms with Gasteiger partial charge >= 0.3 is 12.1 Å². The fourth-order valence-electron chi connectivity index (χ4n) is 2.13. The highest BCUT2D eigenvalue weighted by Crippen LogP contribution is 2.29. The van der Waals surface area contributed by atoms with Crippen LogP contribution in [-0.4, -0.2) is 33.6 Å². The maximum atomic E-state index is 11.4. The fourth-order valence-corrected chi connectivity index (χ4v) is 2.30. The van der Waals surface area contributed by atoms with Crippen molar-refractivity contribution in [2.24, 2.45) is 5.92 Å². The summed E-state index contributed by atoms with van der Waals surface area (Å²) in [6.45, 7) is -0.431. The molecule has 5 nitrogen and oxygen atoms in total. The monoisotopic (exact) mass is 331 g/mol. The van der Waals surface area contributed by atoms with Crippen LogP contribution in [0.3, 0.4) is 0 Å². The molecule has 0 aliphatic heterocycles. The Balaban J connectivity index is 2.39. The van der Waals surface area contributed by atoms with Crippen LogP contribution in [0.25, 0.3) is 0 Å². The molecule has 1 atom stereocenters. The maximum absolute atomic E-state index is 11.4. The summed E-state index contributed by atoms with van der Waals surface area (Å²) in [6, 6.07) is -0.967. The van der Waals surface area contributed by atoms with Crippen molar-refractivity contribution in [2.45, 2.75) is 41.9 Å². The summed E-state index contributed by atoms with van der Waals surface area (Å²) in [5.41, 5.74) is 0. The first kappa shape index (κ1) is 16.7. The molecule has 0 unspecified atom stereocenters. The summed E-state index contributed by atoms with van der Waals surface area (Å²) < 4.78 is 2.94. The Morgan fingerprint density at radius 1 is 1.32 bits per heavy atom. The first-order valence-corrected chi connectivity index (χ1v) is 7.14. The Bertz CT molecular complexity index is 326. The molecule has 1 saturated carbocycles. The smallest absolute Gasteiger partial charge is 0.407 e. The van der Waals surface area contributed by atoms with Crippen molar-refractivity contribution in [3.63, 3.8) is 0 Å². The summed E-state index contributed by atoms with van der Waals surface area (Å²) in [6.07, 6.45) is 3.71. The van der Waals surface area contributed by atoms with Crippen molar-refractivity contribution < 1.29 is 19.4 Å². The summed E-state index contributed by atoms with van der Waals surface area (Å²) >= 11 is 16.3. The van der Waals surface area contributed by atoms with E-state index >= 15 is 0 Å². The lowest BCUT2D eigenvalue weighted by molar-refractivity contribution is -0.139. The maximum Gasteiger partial charge on any atom is 0.407 e. The molecule has 0 spiro atoms. The number of nitrogens with one attached hydrogen (secondary N) is 1. The molecule has 1 amide bonds. The first-order chi connectivity index (χ1) is 8.78. The number of hydrogen-bond donors (Lipinski definition) is 2. The van der Waals surface area contributed by atoms with Gasteiger partial charge in [0.15, 0.2) is 0 Å². The Hall–Kier alpha value is -0.390. The molecule has 0 aromatic rings. The summed E-state index contributed by atoms with van der Waals surface area (Å²) in [4.78, 5) is 22.5. The molecule has 19 heavy (non-hydrogen) atoms. The number of alkyl halides is 3. The van der Waals surface area contributed by atoms with Gasteiger partial charge in [0.05, 0.1) is 0 Å². The van der Waals surface area contributed by atoms with Crippen LogP contribution >= 0.6 is 34.8 Å². The number of amides is 1. The summed E-state index contributed by atoms with van der Waals surface area (Å²) in [5, 5.41) is 11.3. The number of carbonyl (C=O) groups is 2. The van der Waals surface area contributed by atoms with Crippen molar-refractivity contribution >= 4 is 46.9 Å². The Kier molecular flexibility index (Phi) is 6.50. The quantitative estimate of drug-likeness (QED) is 0.758. The molecule has 0 radical (unpaired) electrons. The first-order valence-electron chi connectivity index (χ1n) is 6.01. The van der Waals surface area contributed by atoms with Gasteiger partial charge in [-0.15, -0.1) is 0 Å².